The van der Waals surface area contributed by atoms with Crippen molar-refractivity contribution in [3.05, 3.63) is 58.9 Å². The van der Waals surface area contributed by atoms with Gasteiger partial charge in [0.25, 0.3) is 5.91 Å². The van der Waals surface area contributed by atoms with Crippen molar-refractivity contribution in [3.8, 4) is 0 Å². The second-order valence-corrected chi connectivity index (χ2v) is 4.27. The topological polar surface area (TPSA) is 42.0 Å². The zero-order valence-electron chi connectivity index (χ0n) is 9.98. The minimum Gasteiger partial charge on any atom is -0.322 e. The second-order valence-electron chi connectivity index (χ2n) is 3.86. The van der Waals surface area contributed by atoms with Gasteiger partial charge in [-0.2, -0.15) is 0 Å². The Balaban J connectivity index is 2.14. The number of nitrogens with zero attached hydrogens (tertiary/aromatic N) is 1. The quantitative estimate of drug-likeness (QED) is 0.917. The van der Waals surface area contributed by atoms with Gasteiger partial charge in [0.2, 0.25) is 0 Å². The molecule has 0 unspecified atom stereocenters. The molecule has 0 aliphatic heterocycles. The van der Waals surface area contributed by atoms with Crippen molar-refractivity contribution in [3.63, 3.8) is 0 Å². The lowest BCUT2D eigenvalue weighted by Crippen LogP contribution is -2.12. The van der Waals surface area contributed by atoms with Gasteiger partial charge in [-0.25, -0.2) is 0 Å². The van der Waals surface area contributed by atoms with E-state index in [0.717, 1.165) is 12.1 Å². The summed E-state index contributed by atoms with van der Waals surface area (Å²) in [5.74, 6) is -0.230. The molecule has 18 heavy (non-hydrogen) atoms. The molecule has 0 fully saturated rings. The van der Waals surface area contributed by atoms with Crippen LogP contribution in [0.25, 0.3) is 0 Å². The molecule has 0 bridgehead atoms. The maximum atomic E-state index is 12.0. The third-order valence-electron chi connectivity index (χ3n) is 2.64. The van der Waals surface area contributed by atoms with Crippen molar-refractivity contribution in [1.29, 1.82) is 0 Å². The molecule has 0 saturated carbocycles. The molecule has 1 aromatic heterocycles. The van der Waals surface area contributed by atoms with Crippen LogP contribution in [0.15, 0.2) is 42.7 Å². The van der Waals surface area contributed by atoms with Crippen LogP contribution in [0.5, 0.6) is 0 Å². The number of benzene rings is 1. The number of nitrogens with one attached hydrogen (secondary N) is 1. The van der Waals surface area contributed by atoms with Crippen LogP contribution < -0.4 is 5.32 Å². The van der Waals surface area contributed by atoms with Crippen LogP contribution in [0.1, 0.15) is 22.8 Å². The fourth-order valence-electron chi connectivity index (χ4n) is 1.58. The molecule has 0 saturated heterocycles. The van der Waals surface area contributed by atoms with Crippen molar-refractivity contribution in [2.75, 3.05) is 5.32 Å². The zero-order valence-corrected chi connectivity index (χ0v) is 10.7. The van der Waals surface area contributed by atoms with Crippen molar-refractivity contribution >= 4 is 23.2 Å². The van der Waals surface area contributed by atoms with Crippen LogP contribution in [-0.2, 0) is 6.42 Å². The van der Waals surface area contributed by atoms with E-state index in [1.54, 1.807) is 12.3 Å². The summed E-state index contributed by atoms with van der Waals surface area (Å²) in [6, 6.07) is 9.34. The normalized spacial score (nSPS) is 10.1. The van der Waals surface area contributed by atoms with Gasteiger partial charge in [0.05, 0.1) is 10.6 Å². The van der Waals surface area contributed by atoms with Crippen LogP contribution in [0.2, 0.25) is 5.02 Å². The largest absolute Gasteiger partial charge is 0.322 e. The first-order valence-electron chi connectivity index (χ1n) is 5.70. The summed E-state index contributed by atoms with van der Waals surface area (Å²) < 4.78 is 0. The van der Waals surface area contributed by atoms with E-state index < -0.39 is 0 Å². The lowest BCUT2D eigenvalue weighted by Gasteiger charge is -2.06. The average Bonchev–Trinajstić information content (AvgIpc) is 2.40. The highest BCUT2D eigenvalue weighted by Gasteiger charge is 2.09. The molecule has 0 spiro atoms. The number of aromatic nitrogens is 1. The first kappa shape index (κ1) is 12.6. The Labute approximate surface area is 111 Å². The summed E-state index contributed by atoms with van der Waals surface area (Å²) in [4.78, 5) is 15.8. The van der Waals surface area contributed by atoms with E-state index in [1.165, 1.54) is 11.8 Å². The lowest BCUT2D eigenvalue weighted by molar-refractivity contribution is 0.102. The van der Waals surface area contributed by atoms with E-state index in [4.69, 9.17) is 11.6 Å². The average molecular weight is 261 g/mol. The molecule has 0 atom stereocenters. The summed E-state index contributed by atoms with van der Waals surface area (Å²) in [6.45, 7) is 2.09. The summed E-state index contributed by atoms with van der Waals surface area (Å²) in [7, 11) is 0. The molecule has 0 aliphatic carbocycles. The first-order valence-corrected chi connectivity index (χ1v) is 6.08. The van der Waals surface area contributed by atoms with Crippen LogP contribution in [0.4, 0.5) is 5.69 Å². The molecule has 1 aromatic carbocycles. The standard InChI is InChI=1S/C14H13ClN2O/c1-2-10-3-5-11(6-4-10)17-14(18)12-7-8-16-9-13(12)15/h3-9H,2H2,1H3,(H,17,18). The van der Waals surface area contributed by atoms with Crippen molar-refractivity contribution in [2.24, 2.45) is 0 Å². The molecule has 1 amide bonds. The number of rotatable bonds is 3. The molecule has 0 radical (unpaired) electrons. The first-order chi connectivity index (χ1) is 8.70. The summed E-state index contributed by atoms with van der Waals surface area (Å²) >= 11 is 5.91. The Kier molecular flexibility index (Phi) is 3.95. The molecule has 1 heterocycles. The molecule has 3 nitrogen and oxygen atoms in total. The van der Waals surface area contributed by atoms with Crippen molar-refractivity contribution < 1.29 is 4.79 Å². The molecule has 4 heteroatoms. The SMILES string of the molecule is CCc1ccc(NC(=O)c2ccncc2Cl)cc1. The minimum absolute atomic E-state index is 0.230. The van der Waals surface area contributed by atoms with Gasteiger partial charge in [0, 0.05) is 18.1 Å². The molecule has 2 rings (SSSR count). The van der Waals surface area contributed by atoms with Gasteiger partial charge in [-0.1, -0.05) is 30.7 Å². The third-order valence-corrected chi connectivity index (χ3v) is 2.94. The molecular weight excluding hydrogens is 248 g/mol. The van der Waals surface area contributed by atoms with Gasteiger partial charge < -0.3 is 5.32 Å². The highest BCUT2D eigenvalue weighted by Crippen LogP contribution is 2.16. The highest BCUT2D eigenvalue weighted by molar-refractivity contribution is 6.34. The molecule has 92 valence electrons. The predicted octanol–water partition coefficient (Wildman–Crippen LogP) is 3.55. The van der Waals surface area contributed by atoms with Crippen LogP contribution in [-0.4, -0.2) is 10.9 Å². The summed E-state index contributed by atoms with van der Waals surface area (Å²) in [6.07, 6.45) is 3.97. The maximum Gasteiger partial charge on any atom is 0.257 e. The third kappa shape index (κ3) is 2.87. The Morgan fingerprint density at radius 2 is 2.00 bits per heavy atom. The van der Waals surface area contributed by atoms with E-state index in [1.807, 2.05) is 24.3 Å². The number of halogens is 1. The Bertz CT molecular complexity index is 552. The Morgan fingerprint density at radius 3 is 2.61 bits per heavy atom. The van der Waals surface area contributed by atoms with Crippen LogP contribution in [0, 0.1) is 0 Å². The number of amides is 1. The van der Waals surface area contributed by atoms with Gasteiger partial charge in [-0.3, -0.25) is 9.78 Å². The number of aryl methyl sites for hydroxylation is 1. The van der Waals surface area contributed by atoms with E-state index >= 15 is 0 Å². The Hall–Kier alpha value is -1.87. The van der Waals surface area contributed by atoms with Gasteiger partial charge in [0.15, 0.2) is 0 Å². The molecule has 2 aromatic rings. The van der Waals surface area contributed by atoms with Gasteiger partial charge in [0.1, 0.15) is 0 Å². The predicted molar refractivity (Wildman–Crippen MR) is 73.0 cm³/mol. The number of carbonyl (C=O) groups is 1. The van der Waals surface area contributed by atoms with Crippen molar-refractivity contribution in [2.45, 2.75) is 13.3 Å². The number of pyridine rings is 1. The number of anilines is 1. The van der Waals surface area contributed by atoms with E-state index in [0.29, 0.717) is 10.6 Å². The van der Waals surface area contributed by atoms with Gasteiger partial charge >= 0.3 is 0 Å². The molecule has 1 N–H and O–H groups in total. The van der Waals surface area contributed by atoms with E-state index in [-0.39, 0.29) is 5.91 Å². The summed E-state index contributed by atoms with van der Waals surface area (Å²) in [5, 5.41) is 3.15. The van der Waals surface area contributed by atoms with Crippen LogP contribution >= 0.6 is 11.6 Å². The zero-order chi connectivity index (χ0) is 13.0. The second kappa shape index (κ2) is 5.65. The highest BCUT2D eigenvalue weighted by atomic mass is 35.5. The maximum absolute atomic E-state index is 12.0. The number of hydrogen-bond donors (Lipinski definition) is 1. The lowest BCUT2D eigenvalue weighted by atomic mass is 10.1. The molecule has 0 aliphatic rings. The van der Waals surface area contributed by atoms with Crippen LogP contribution in [0.3, 0.4) is 0 Å². The minimum atomic E-state index is -0.230. The molecular formula is C14H13ClN2O. The van der Waals surface area contributed by atoms with E-state index in [9.17, 15) is 4.79 Å². The smallest absolute Gasteiger partial charge is 0.257 e. The fraction of sp³-hybridized carbons (Fsp3) is 0.143. The number of carbonyl (C=O) groups excluding carboxylic acids is 1. The van der Waals surface area contributed by atoms with Gasteiger partial charge in [-0.05, 0) is 30.2 Å². The fourth-order valence-corrected chi connectivity index (χ4v) is 1.79. The van der Waals surface area contributed by atoms with E-state index in [2.05, 4.69) is 17.2 Å². The van der Waals surface area contributed by atoms with Crippen molar-refractivity contribution in [1.82, 2.24) is 4.98 Å². The summed E-state index contributed by atoms with van der Waals surface area (Å²) in [5.41, 5.74) is 2.41. The van der Waals surface area contributed by atoms with Gasteiger partial charge in [-0.15, -0.1) is 0 Å². The number of hydrogen-bond acceptors (Lipinski definition) is 2. The monoisotopic (exact) mass is 260 g/mol. The Morgan fingerprint density at radius 1 is 1.28 bits per heavy atom.